The molecule has 4 aromatic rings. The Labute approximate surface area is 265 Å². The number of rotatable bonds is 10. The van der Waals surface area contributed by atoms with E-state index < -0.39 is 7.32 Å². The molecule has 0 unspecified atom stereocenters. The molecule has 0 aromatic heterocycles. The van der Waals surface area contributed by atoms with Crippen LogP contribution >= 0.6 is 0 Å². The first-order valence-electron chi connectivity index (χ1n) is 15.7. The molecule has 44 heavy (non-hydrogen) atoms. The fourth-order valence-electron chi connectivity index (χ4n) is 5.88. The predicted octanol–water partition coefficient (Wildman–Crippen LogP) is 10.6. The fourth-order valence-corrected chi connectivity index (χ4v) is 5.88. The van der Waals surface area contributed by atoms with Gasteiger partial charge in [0.2, 0.25) is 0 Å². The summed E-state index contributed by atoms with van der Waals surface area (Å²) in [7, 11) is 0.723. The Morgan fingerprint density at radius 2 is 0.909 bits per heavy atom. The van der Waals surface area contributed by atoms with Crippen molar-refractivity contribution in [2.24, 2.45) is 0 Å². The van der Waals surface area contributed by atoms with Crippen molar-refractivity contribution >= 4 is 7.32 Å². The molecule has 0 bridgehead atoms. The van der Waals surface area contributed by atoms with E-state index in [0.717, 1.165) is 44.9 Å². The highest BCUT2D eigenvalue weighted by molar-refractivity contribution is 6.40. The van der Waals surface area contributed by atoms with Crippen molar-refractivity contribution in [3.8, 4) is 34.1 Å². The molecule has 0 aliphatic carbocycles. The van der Waals surface area contributed by atoms with Crippen molar-refractivity contribution in [2.75, 3.05) is 7.11 Å². The second-order valence-corrected chi connectivity index (χ2v) is 12.9. The number of aryl methyl sites for hydroxylation is 6. The van der Waals surface area contributed by atoms with Crippen molar-refractivity contribution in [1.82, 2.24) is 0 Å². The third kappa shape index (κ3) is 6.77. The molecule has 0 spiro atoms. The number of hydrogen-bond acceptors (Lipinski definition) is 4. The Bertz CT molecular complexity index is 1610. The van der Waals surface area contributed by atoms with Crippen LogP contribution in [0.3, 0.4) is 0 Å². The first-order valence-corrected chi connectivity index (χ1v) is 15.7. The Balaban J connectivity index is 2.00. The minimum absolute atomic E-state index is 0.187. The summed E-state index contributed by atoms with van der Waals surface area (Å²) in [4.78, 5) is 0. The van der Waals surface area contributed by atoms with E-state index in [9.17, 15) is 0 Å². The number of benzene rings is 4. The zero-order chi connectivity index (χ0) is 32.5. The minimum Gasteiger partial charge on any atom is -0.496 e. The lowest BCUT2D eigenvalue weighted by Crippen LogP contribution is -2.38. The van der Waals surface area contributed by atoms with Crippen molar-refractivity contribution in [1.29, 1.82) is 0 Å². The molecular weight excluding hydrogens is 543 g/mol. The predicted molar refractivity (Wildman–Crippen MR) is 185 cm³/mol. The van der Waals surface area contributed by atoms with Crippen molar-refractivity contribution in [2.45, 2.75) is 94.9 Å². The number of methoxy groups -OCH3 is 1. The van der Waals surface area contributed by atoms with Crippen LogP contribution < -0.4 is 18.7 Å². The number of hydrogen-bond donors (Lipinski definition) is 0. The van der Waals surface area contributed by atoms with E-state index in [1.54, 1.807) is 7.11 Å². The first-order chi connectivity index (χ1) is 20.7. The standard InChI is InChI=1S/C39H49BO4/c1-22(2)32-20-26(7)30(11)36(38(32)41-13)37-31(12)27(8)21-33(23(3)4)39(37)44-40(42-34-16-14-24(5)18-28(34)9)43-35-17-15-25(6)19-29(35)10/h14-23H,1-13H3. The first kappa shape index (κ1) is 33.0. The van der Waals surface area contributed by atoms with Crippen LogP contribution in [-0.4, -0.2) is 14.4 Å². The zero-order valence-corrected chi connectivity index (χ0v) is 29.0. The molecule has 0 saturated heterocycles. The SMILES string of the molecule is COc1c(C(C)C)cc(C)c(C)c1-c1c(C)c(C)cc(C(C)C)c1OB(Oc1ccc(C)cc1C)Oc1ccc(C)cc1C. The summed E-state index contributed by atoms with van der Waals surface area (Å²) in [5, 5.41) is 0. The van der Waals surface area contributed by atoms with Crippen LogP contribution in [0.15, 0.2) is 48.5 Å². The van der Waals surface area contributed by atoms with Gasteiger partial charge in [-0.2, -0.15) is 0 Å². The summed E-state index contributed by atoms with van der Waals surface area (Å²) < 4.78 is 26.4. The maximum Gasteiger partial charge on any atom is 0.864 e. The van der Waals surface area contributed by atoms with E-state index in [4.69, 9.17) is 18.7 Å². The molecule has 4 rings (SSSR count). The van der Waals surface area contributed by atoms with E-state index in [2.05, 4.69) is 93.5 Å². The smallest absolute Gasteiger partial charge is 0.496 e. The van der Waals surface area contributed by atoms with Crippen LogP contribution in [0.5, 0.6) is 23.0 Å². The molecule has 232 valence electrons. The van der Waals surface area contributed by atoms with Crippen LogP contribution in [-0.2, 0) is 0 Å². The maximum atomic E-state index is 7.00. The minimum atomic E-state index is -1.04. The van der Waals surface area contributed by atoms with Gasteiger partial charge in [-0.05, 0) is 124 Å². The molecule has 0 amide bonds. The van der Waals surface area contributed by atoms with E-state index in [1.165, 1.54) is 33.4 Å². The topological polar surface area (TPSA) is 36.9 Å². The average Bonchev–Trinajstić information content (AvgIpc) is 2.95. The zero-order valence-electron chi connectivity index (χ0n) is 29.0. The van der Waals surface area contributed by atoms with Crippen LogP contribution in [0.2, 0.25) is 0 Å². The summed E-state index contributed by atoms with van der Waals surface area (Å²) in [6, 6.07) is 16.8. The van der Waals surface area contributed by atoms with Gasteiger partial charge in [-0.3, -0.25) is 0 Å². The molecule has 4 nitrogen and oxygen atoms in total. The lowest BCUT2D eigenvalue weighted by Gasteiger charge is -2.28. The molecule has 0 saturated carbocycles. The molecule has 0 radical (unpaired) electrons. The van der Waals surface area contributed by atoms with E-state index in [-0.39, 0.29) is 11.8 Å². The third-order valence-corrected chi connectivity index (χ3v) is 8.68. The van der Waals surface area contributed by atoms with E-state index in [1.807, 2.05) is 38.1 Å². The van der Waals surface area contributed by atoms with Crippen LogP contribution in [0.1, 0.15) is 95.2 Å². The van der Waals surface area contributed by atoms with Crippen molar-refractivity contribution in [3.63, 3.8) is 0 Å². The highest BCUT2D eigenvalue weighted by atomic mass is 16.7. The van der Waals surface area contributed by atoms with Gasteiger partial charge in [0.25, 0.3) is 0 Å². The largest absolute Gasteiger partial charge is 0.864 e. The van der Waals surface area contributed by atoms with Gasteiger partial charge in [-0.15, -0.1) is 0 Å². The Hall–Kier alpha value is -3.86. The highest BCUT2D eigenvalue weighted by Gasteiger charge is 2.35. The van der Waals surface area contributed by atoms with Gasteiger partial charge in [0.15, 0.2) is 0 Å². The second-order valence-electron chi connectivity index (χ2n) is 12.9. The lowest BCUT2D eigenvalue weighted by molar-refractivity contribution is 0.304. The molecule has 0 aliphatic rings. The summed E-state index contributed by atoms with van der Waals surface area (Å²) in [6.07, 6.45) is 0. The molecule has 5 heteroatoms. The van der Waals surface area contributed by atoms with Gasteiger partial charge < -0.3 is 18.7 Å². The van der Waals surface area contributed by atoms with Crippen molar-refractivity contribution in [3.05, 3.63) is 104 Å². The average molecular weight is 593 g/mol. The normalized spacial score (nSPS) is 11.2. The Morgan fingerprint density at radius 1 is 0.500 bits per heavy atom. The van der Waals surface area contributed by atoms with E-state index >= 15 is 0 Å². The Kier molecular flexibility index (Phi) is 10.1. The maximum absolute atomic E-state index is 7.00. The summed E-state index contributed by atoms with van der Waals surface area (Å²) in [5.41, 5.74) is 13.5. The second kappa shape index (κ2) is 13.4. The van der Waals surface area contributed by atoms with Gasteiger partial charge in [-0.25, -0.2) is 0 Å². The van der Waals surface area contributed by atoms with Gasteiger partial charge >= 0.3 is 7.32 Å². The lowest BCUT2D eigenvalue weighted by atomic mass is 9.83. The third-order valence-electron chi connectivity index (χ3n) is 8.68. The monoisotopic (exact) mass is 592 g/mol. The fraction of sp³-hybridized carbons (Fsp3) is 0.385. The van der Waals surface area contributed by atoms with Gasteiger partial charge in [-0.1, -0.05) is 75.2 Å². The van der Waals surface area contributed by atoms with Gasteiger partial charge in [0, 0.05) is 11.1 Å². The van der Waals surface area contributed by atoms with Gasteiger partial charge in [0.1, 0.15) is 23.0 Å². The molecule has 0 fully saturated rings. The van der Waals surface area contributed by atoms with E-state index in [0.29, 0.717) is 11.5 Å². The Morgan fingerprint density at radius 3 is 1.30 bits per heavy atom. The molecule has 0 heterocycles. The van der Waals surface area contributed by atoms with Crippen LogP contribution in [0, 0.1) is 55.4 Å². The van der Waals surface area contributed by atoms with Gasteiger partial charge in [0.05, 0.1) is 7.11 Å². The summed E-state index contributed by atoms with van der Waals surface area (Å²) >= 11 is 0. The molecule has 0 aliphatic heterocycles. The molecule has 4 aromatic carbocycles. The summed E-state index contributed by atoms with van der Waals surface area (Å²) in [5.74, 6) is 3.55. The van der Waals surface area contributed by atoms with Crippen LogP contribution in [0.4, 0.5) is 0 Å². The quantitative estimate of drug-likeness (QED) is 0.172. The number of ether oxygens (including phenoxy) is 1. The molecule has 0 atom stereocenters. The van der Waals surface area contributed by atoms with Crippen LogP contribution in [0.25, 0.3) is 11.1 Å². The molecule has 0 N–H and O–H groups in total. The van der Waals surface area contributed by atoms with Crippen molar-refractivity contribution < 1.29 is 18.7 Å². The molecular formula is C39H49BO4. The summed E-state index contributed by atoms with van der Waals surface area (Å²) in [6.45, 7) is 25.8. The highest BCUT2D eigenvalue weighted by Crippen LogP contribution is 2.49.